The second-order valence-electron chi connectivity index (χ2n) is 4.49. The van der Waals surface area contributed by atoms with Crippen LogP contribution in [0.5, 0.6) is 5.75 Å². The van der Waals surface area contributed by atoms with Crippen LogP contribution >= 0.6 is 0 Å². The van der Waals surface area contributed by atoms with Crippen LogP contribution < -0.4 is 5.32 Å². The summed E-state index contributed by atoms with van der Waals surface area (Å²) in [7, 11) is 1.78. The standard InChI is InChI=1S/C14H17N3O2/c1-4-11-10(8-17(3)16-11)14(19)15-12-6-5-9(2)7-13(12)18/h5-8,18H,4H2,1-3H3,(H,15,19). The zero-order valence-corrected chi connectivity index (χ0v) is 11.3. The maximum atomic E-state index is 12.2. The first-order chi connectivity index (χ1) is 9.01. The van der Waals surface area contributed by atoms with Crippen molar-refractivity contribution in [2.45, 2.75) is 20.3 Å². The Labute approximate surface area is 111 Å². The molecule has 1 aromatic carbocycles. The van der Waals surface area contributed by atoms with Crippen LogP contribution in [0.3, 0.4) is 0 Å². The summed E-state index contributed by atoms with van der Waals surface area (Å²) >= 11 is 0. The fourth-order valence-corrected chi connectivity index (χ4v) is 1.92. The molecule has 0 unspecified atom stereocenters. The quantitative estimate of drug-likeness (QED) is 0.831. The molecular weight excluding hydrogens is 242 g/mol. The number of phenolic OH excluding ortho intramolecular Hbond substituents is 1. The molecule has 0 aliphatic carbocycles. The highest BCUT2D eigenvalue weighted by atomic mass is 16.3. The number of hydrogen-bond acceptors (Lipinski definition) is 3. The number of aryl methyl sites for hydroxylation is 3. The van der Waals surface area contributed by atoms with Gasteiger partial charge in [-0.25, -0.2) is 0 Å². The highest BCUT2D eigenvalue weighted by Gasteiger charge is 2.15. The first kappa shape index (κ1) is 13.1. The van der Waals surface area contributed by atoms with E-state index in [1.807, 2.05) is 19.9 Å². The van der Waals surface area contributed by atoms with Crippen LogP contribution in [0, 0.1) is 6.92 Å². The summed E-state index contributed by atoms with van der Waals surface area (Å²) in [5.41, 5.74) is 2.62. The molecule has 5 heteroatoms. The molecule has 0 saturated carbocycles. The molecule has 1 aromatic heterocycles. The molecular formula is C14H17N3O2. The Balaban J connectivity index is 2.25. The highest BCUT2D eigenvalue weighted by Crippen LogP contribution is 2.24. The summed E-state index contributed by atoms with van der Waals surface area (Å²) in [6.45, 7) is 3.82. The van der Waals surface area contributed by atoms with Gasteiger partial charge in [-0.05, 0) is 31.0 Å². The zero-order valence-electron chi connectivity index (χ0n) is 11.3. The number of hydrogen-bond donors (Lipinski definition) is 2. The molecule has 0 aliphatic rings. The Kier molecular flexibility index (Phi) is 3.55. The van der Waals surface area contributed by atoms with E-state index >= 15 is 0 Å². The third kappa shape index (κ3) is 2.76. The van der Waals surface area contributed by atoms with Crippen molar-refractivity contribution in [1.82, 2.24) is 9.78 Å². The van der Waals surface area contributed by atoms with Gasteiger partial charge in [-0.3, -0.25) is 9.48 Å². The lowest BCUT2D eigenvalue weighted by Gasteiger charge is -2.07. The van der Waals surface area contributed by atoms with Crippen molar-refractivity contribution >= 4 is 11.6 Å². The third-order valence-electron chi connectivity index (χ3n) is 2.89. The summed E-state index contributed by atoms with van der Waals surface area (Å²) < 4.78 is 1.61. The molecule has 0 saturated heterocycles. The fraction of sp³-hybridized carbons (Fsp3) is 0.286. The monoisotopic (exact) mass is 259 g/mol. The molecule has 2 aromatic rings. The van der Waals surface area contributed by atoms with Crippen LogP contribution in [0.1, 0.15) is 28.5 Å². The van der Waals surface area contributed by atoms with Gasteiger partial charge in [-0.15, -0.1) is 0 Å². The van der Waals surface area contributed by atoms with Crippen LogP contribution in [-0.2, 0) is 13.5 Å². The number of rotatable bonds is 3. The molecule has 0 spiro atoms. The van der Waals surface area contributed by atoms with Crippen LogP contribution in [0.25, 0.3) is 0 Å². The lowest BCUT2D eigenvalue weighted by molar-refractivity contribution is 0.102. The van der Waals surface area contributed by atoms with Crippen molar-refractivity contribution in [2.24, 2.45) is 7.05 Å². The maximum Gasteiger partial charge on any atom is 0.259 e. The summed E-state index contributed by atoms with van der Waals surface area (Å²) in [6.07, 6.45) is 2.36. The van der Waals surface area contributed by atoms with E-state index in [1.54, 1.807) is 30.1 Å². The average Bonchev–Trinajstić information content (AvgIpc) is 2.74. The topological polar surface area (TPSA) is 67.2 Å². The van der Waals surface area contributed by atoms with Gasteiger partial charge in [-0.2, -0.15) is 5.10 Å². The van der Waals surface area contributed by atoms with E-state index in [4.69, 9.17) is 0 Å². The van der Waals surface area contributed by atoms with Crippen molar-refractivity contribution < 1.29 is 9.90 Å². The van der Waals surface area contributed by atoms with E-state index < -0.39 is 0 Å². The Morgan fingerprint density at radius 1 is 1.47 bits per heavy atom. The minimum atomic E-state index is -0.260. The molecule has 2 rings (SSSR count). The predicted octanol–water partition coefficient (Wildman–Crippen LogP) is 2.25. The molecule has 1 amide bonds. The zero-order chi connectivity index (χ0) is 14.0. The van der Waals surface area contributed by atoms with E-state index in [2.05, 4.69) is 10.4 Å². The largest absolute Gasteiger partial charge is 0.506 e. The van der Waals surface area contributed by atoms with Crippen molar-refractivity contribution in [2.75, 3.05) is 5.32 Å². The smallest absolute Gasteiger partial charge is 0.259 e. The van der Waals surface area contributed by atoms with Crippen molar-refractivity contribution in [3.05, 3.63) is 41.2 Å². The van der Waals surface area contributed by atoms with Gasteiger partial charge in [0.05, 0.1) is 16.9 Å². The van der Waals surface area contributed by atoms with E-state index in [1.165, 1.54) is 0 Å². The second-order valence-corrected chi connectivity index (χ2v) is 4.49. The summed E-state index contributed by atoms with van der Waals surface area (Å²) in [4.78, 5) is 12.2. The minimum Gasteiger partial charge on any atom is -0.506 e. The summed E-state index contributed by atoms with van der Waals surface area (Å²) in [5, 5.41) is 16.7. The van der Waals surface area contributed by atoms with Crippen LogP contribution in [0.15, 0.2) is 24.4 Å². The van der Waals surface area contributed by atoms with Crippen LogP contribution in [0.2, 0.25) is 0 Å². The molecule has 19 heavy (non-hydrogen) atoms. The van der Waals surface area contributed by atoms with Crippen molar-refractivity contribution in [3.8, 4) is 5.75 Å². The number of anilines is 1. The first-order valence-corrected chi connectivity index (χ1v) is 6.14. The maximum absolute atomic E-state index is 12.2. The van der Waals surface area contributed by atoms with Crippen molar-refractivity contribution in [3.63, 3.8) is 0 Å². The number of aromatic nitrogens is 2. The molecule has 1 heterocycles. The Hall–Kier alpha value is -2.30. The van der Waals surface area contributed by atoms with Crippen LogP contribution in [-0.4, -0.2) is 20.8 Å². The third-order valence-corrected chi connectivity index (χ3v) is 2.89. The van der Waals surface area contributed by atoms with Gasteiger partial charge in [0.1, 0.15) is 5.75 Å². The molecule has 0 atom stereocenters. The number of phenols is 1. The molecule has 0 fully saturated rings. The van der Waals surface area contributed by atoms with Gasteiger partial charge in [0.15, 0.2) is 0 Å². The minimum absolute atomic E-state index is 0.0651. The molecule has 2 N–H and O–H groups in total. The molecule has 0 bridgehead atoms. The van der Waals surface area contributed by atoms with Crippen molar-refractivity contribution in [1.29, 1.82) is 0 Å². The molecule has 0 aliphatic heterocycles. The average molecular weight is 259 g/mol. The Bertz CT molecular complexity index is 617. The first-order valence-electron chi connectivity index (χ1n) is 6.14. The number of nitrogens with one attached hydrogen (secondary N) is 1. The predicted molar refractivity (Wildman–Crippen MR) is 73.4 cm³/mol. The lowest BCUT2D eigenvalue weighted by Crippen LogP contribution is -2.13. The summed E-state index contributed by atoms with van der Waals surface area (Å²) in [6, 6.07) is 5.13. The van der Waals surface area contributed by atoms with Gasteiger partial charge in [0.2, 0.25) is 0 Å². The van der Waals surface area contributed by atoms with Gasteiger partial charge >= 0.3 is 0 Å². The lowest BCUT2D eigenvalue weighted by atomic mass is 10.1. The number of nitrogens with zero attached hydrogens (tertiary/aromatic N) is 2. The van der Waals surface area contributed by atoms with Crippen LogP contribution in [0.4, 0.5) is 5.69 Å². The Morgan fingerprint density at radius 3 is 2.84 bits per heavy atom. The van der Waals surface area contributed by atoms with E-state index in [0.717, 1.165) is 11.3 Å². The number of benzene rings is 1. The molecule has 0 radical (unpaired) electrons. The van der Waals surface area contributed by atoms with E-state index in [-0.39, 0.29) is 11.7 Å². The van der Waals surface area contributed by atoms with Gasteiger partial charge in [0.25, 0.3) is 5.91 Å². The van der Waals surface area contributed by atoms with Gasteiger partial charge < -0.3 is 10.4 Å². The molecule has 5 nitrogen and oxygen atoms in total. The number of carbonyl (C=O) groups is 1. The normalized spacial score (nSPS) is 10.5. The number of amides is 1. The fourth-order valence-electron chi connectivity index (χ4n) is 1.92. The number of carbonyl (C=O) groups excluding carboxylic acids is 1. The SMILES string of the molecule is CCc1nn(C)cc1C(=O)Nc1ccc(C)cc1O. The Morgan fingerprint density at radius 2 is 2.21 bits per heavy atom. The number of aromatic hydroxyl groups is 1. The van der Waals surface area contributed by atoms with E-state index in [9.17, 15) is 9.90 Å². The molecule has 100 valence electrons. The van der Waals surface area contributed by atoms with Gasteiger partial charge in [0, 0.05) is 13.2 Å². The van der Waals surface area contributed by atoms with E-state index in [0.29, 0.717) is 17.7 Å². The second kappa shape index (κ2) is 5.14. The van der Waals surface area contributed by atoms with Gasteiger partial charge in [-0.1, -0.05) is 13.0 Å². The summed E-state index contributed by atoms with van der Waals surface area (Å²) in [5.74, 6) is -0.195. The highest BCUT2D eigenvalue weighted by molar-refractivity contribution is 6.05.